The molecular formula is C18H27ClN4O. The van der Waals surface area contributed by atoms with Gasteiger partial charge in [-0.25, -0.2) is 0 Å². The van der Waals surface area contributed by atoms with Gasteiger partial charge in [0.05, 0.1) is 23.0 Å². The molecule has 0 radical (unpaired) electrons. The minimum Gasteiger partial charge on any atom is -0.399 e. The molecule has 0 unspecified atom stereocenters. The highest BCUT2D eigenvalue weighted by molar-refractivity contribution is 5.95. The molecular weight excluding hydrogens is 324 g/mol. The van der Waals surface area contributed by atoms with Gasteiger partial charge in [-0.3, -0.25) is 9.48 Å². The van der Waals surface area contributed by atoms with Crippen molar-refractivity contribution in [2.45, 2.75) is 46.1 Å². The molecule has 0 aliphatic rings. The summed E-state index contributed by atoms with van der Waals surface area (Å²) in [6.07, 6.45) is 3.22. The molecule has 1 aromatic carbocycles. The van der Waals surface area contributed by atoms with E-state index in [2.05, 4.69) is 31.2 Å². The first kappa shape index (κ1) is 20.0. The van der Waals surface area contributed by atoms with Crippen LogP contribution in [0.2, 0.25) is 0 Å². The molecule has 1 aromatic heterocycles. The summed E-state index contributed by atoms with van der Waals surface area (Å²) in [5, 5.41) is 7.38. The van der Waals surface area contributed by atoms with Crippen LogP contribution in [0.3, 0.4) is 0 Å². The number of nitrogens with two attached hydrogens (primary N) is 1. The zero-order valence-electron chi connectivity index (χ0n) is 14.8. The molecule has 0 spiro atoms. The number of carbonyl (C=O) groups excluding carboxylic acids is 1. The predicted molar refractivity (Wildman–Crippen MR) is 101 cm³/mol. The fraction of sp³-hybridized carbons (Fsp3) is 0.444. The number of halogens is 1. The van der Waals surface area contributed by atoms with Crippen LogP contribution in [-0.2, 0) is 18.4 Å². The Morgan fingerprint density at radius 2 is 1.88 bits per heavy atom. The summed E-state index contributed by atoms with van der Waals surface area (Å²) in [6, 6.07) is 7.71. The van der Waals surface area contributed by atoms with Gasteiger partial charge in [0.1, 0.15) is 0 Å². The Kier molecular flexibility index (Phi) is 6.84. The maximum absolute atomic E-state index is 12.4. The zero-order chi connectivity index (χ0) is 17.0. The molecule has 0 atom stereocenters. The Balaban J connectivity index is 0.00000288. The van der Waals surface area contributed by atoms with Crippen molar-refractivity contribution < 1.29 is 4.79 Å². The molecule has 2 aromatic rings. The van der Waals surface area contributed by atoms with Crippen LogP contribution >= 0.6 is 12.4 Å². The molecule has 5 nitrogen and oxygen atoms in total. The van der Waals surface area contributed by atoms with Gasteiger partial charge in [0.15, 0.2) is 0 Å². The lowest BCUT2D eigenvalue weighted by Gasteiger charge is -2.22. The monoisotopic (exact) mass is 350 g/mol. The third kappa shape index (κ3) is 4.74. The average molecular weight is 351 g/mol. The number of amides is 1. The van der Waals surface area contributed by atoms with Crippen molar-refractivity contribution in [1.82, 2.24) is 15.1 Å². The molecule has 24 heavy (non-hydrogen) atoms. The average Bonchev–Trinajstić information content (AvgIpc) is 2.93. The molecule has 0 saturated carbocycles. The maximum Gasteiger partial charge on any atom is 0.254 e. The summed E-state index contributed by atoms with van der Waals surface area (Å²) < 4.78 is 1.93. The van der Waals surface area contributed by atoms with Crippen LogP contribution < -0.4 is 11.1 Å². The number of aromatic nitrogens is 2. The second-order valence-electron chi connectivity index (χ2n) is 6.69. The van der Waals surface area contributed by atoms with E-state index >= 15 is 0 Å². The van der Waals surface area contributed by atoms with E-state index in [1.807, 2.05) is 35.9 Å². The van der Waals surface area contributed by atoms with E-state index in [9.17, 15) is 4.79 Å². The Bertz CT molecular complexity index is 671. The molecule has 2 rings (SSSR count). The maximum atomic E-state index is 12.4. The van der Waals surface area contributed by atoms with Crippen LogP contribution in [0.4, 0.5) is 5.69 Å². The number of nitrogens with zero attached hydrogens (tertiary/aromatic N) is 2. The number of hydrogen-bond acceptors (Lipinski definition) is 3. The van der Waals surface area contributed by atoms with E-state index in [1.54, 1.807) is 6.20 Å². The van der Waals surface area contributed by atoms with E-state index in [0.29, 0.717) is 12.1 Å². The fourth-order valence-electron chi connectivity index (χ4n) is 2.58. The molecule has 1 heterocycles. The summed E-state index contributed by atoms with van der Waals surface area (Å²) in [4.78, 5) is 12.4. The minimum atomic E-state index is -0.131. The Morgan fingerprint density at radius 3 is 2.42 bits per heavy atom. The fourth-order valence-corrected chi connectivity index (χ4v) is 2.58. The highest BCUT2D eigenvalue weighted by Crippen LogP contribution is 2.19. The SMILES string of the molecule is CCc1c(C(=O)NCCc2ccc(N)cc2)cnn1C(C)(C)C.Cl. The van der Waals surface area contributed by atoms with Crippen molar-refractivity contribution in [2.75, 3.05) is 12.3 Å². The van der Waals surface area contributed by atoms with Crippen LogP contribution in [0.15, 0.2) is 30.5 Å². The second-order valence-corrected chi connectivity index (χ2v) is 6.69. The second kappa shape index (κ2) is 8.20. The van der Waals surface area contributed by atoms with Crippen molar-refractivity contribution in [3.63, 3.8) is 0 Å². The summed E-state index contributed by atoms with van der Waals surface area (Å²) in [5.41, 5.74) is 9.08. The summed E-state index contributed by atoms with van der Waals surface area (Å²) in [5.74, 6) is -0.0622. The molecule has 0 saturated heterocycles. The Labute approximate surface area is 150 Å². The standard InChI is InChI=1S/C18H26N4O.ClH/c1-5-16-15(12-21-22(16)18(2,3)4)17(23)20-11-10-13-6-8-14(19)9-7-13;/h6-9,12H,5,10-11,19H2,1-4H3,(H,20,23);1H. The first-order chi connectivity index (χ1) is 10.8. The van der Waals surface area contributed by atoms with Gasteiger partial charge >= 0.3 is 0 Å². The molecule has 6 heteroatoms. The lowest BCUT2D eigenvalue weighted by Crippen LogP contribution is -2.28. The van der Waals surface area contributed by atoms with Crippen molar-refractivity contribution in [2.24, 2.45) is 0 Å². The zero-order valence-corrected chi connectivity index (χ0v) is 15.6. The quantitative estimate of drug-likeness (QED) is 0.813. The summed E-state index contributed by atoms with van der Waals surface area (Å²) in [7, 11) is 0. The van der Waals surface area contributed by atoms with Gasteiger partial charge in [-0.15, -0.1) is 12.4 Å². The van der Waals surface area contributed by atoms with Crippen LogP contribution in [0.1, 0.15) is 49.3 Å². The number of nitrogen functional groups attached to an aromatic ring is 1. The summed E-state index contributed by atoms with van der Waals surface area (Å²) in [6.45, 7) is 8.89. The minimum absolute atomic E-state index is 0. The van der Waals surface area contributed by atoms with Crippen molar-refractivity contribution in [1.29, 1.82) is 0 Å². The first-order valence-electron chi connectivity index (χ1n) is 8.03. The molecule has 1 amide bonds. The Hall–Kier alpha value is -2.01. The van der Waals surface area contributed by atoms with E-state index in [0.717, 1.165) is 29.8 Å². The van der Waals surface area contributed by atoms with Gasteiger partial charge in [0.2, 0.25) is 0 Å². The molecule has 0 aliphatic carbocycles. The van der Waals surface area contributed by atoms with E-state index < -0.39 is 0 Å². The third-order valence-corrected chi connectivity index (χ3v) is 3.76. The molecule has 132 valence electrons. The van der Waals surface area contributed by atoms with Crippen LogP contribution in [-0.4, -0.2) is 22.2 Å². The van der Waals surface area contributed by atoms with E-state index in [1.165, 1.54) is 0 Å². The van der Waals surface area contributed by atoms with Crippen molar-refractivity contribution >= 4 is 24.0 Å². The Morgan fingerprint density at radius 1 is 1.25 bits per heavy atom. The van der Waals surface area contributed by atoms with Crippen LogP contribution in [0, 0.1) is 0 Å². The largest absolute Gasteiger partial charge is 0.399 e. The van der Waals surface area contributed by atoms with Crippen molar-refractivity contribution in [3.8, 4) is 0 Å². The third-order valence-electron chi connectivity index (χ3n) is 3.76. The highest BCUT2D eigenvalue weighted by Gasteiger charge is 2.22. The number of nitrogens with one attached hydrogen (secondary N) is 1. The van der Waals surface area contributed by atoms with E-state index in [4.69, 9.17) is 5.73 Å². The van der Waals surface area contributed by atoms with Gasteiger partial charge in [0, 0.05) is 12.2 Å². The highest BCUT2D eigenvalue weighted by atomic mass is 35.5. The number of carbonyl (C=O) groups is 1. The number of benzene rings is 1. The normalized spacial score (nSPS) is 11.0. The molecule has 0 fully saturated rings. The predicted octanol–water partition coefficient (Wildman–Crippen LogP) is 3.18. The molecule has 3 N–H and O–H groups in total. The first-order valence-corrected chi connectivity index (χ1v) is 8.03. The smallest absolute Gasteiger partial charge is 0.254 e. The van der Waals surface area contributed by atoms with Gasteiger partial charge in [-0.2, -0.15) is 5.10 Å². The van der Waals surface area contributed by atoms with Gasteiger partial charge in [0.25, 0.3) is 5.91 Å². The van der Waals surface area contributed by atoms with Crippen LogP contribution in [0.25, 0.3) is 0 Å². The number of rotatable bonds is 5. The lowest BCUT2D eigenvalue weighted by atomic mass is 10.1. The topological polar surface area (TPSA) is 72.9 Å². The van der Waals surface area contributed by atoms with Gasteiger partial charge in [-0.1, -0.05) is 19.1 Å². The van der Waals surface area contributed by atoms with Gasteiger partial charge < -0.3 is 11.1 Å². The van der Waals surface area contributed by atoms with E-state index in [-0.39, 0.29) is 23.9 Å². The molecule has 0 aliphatic heterocycles. The van der Waals surface area contributed by atoms with Crippen molar-refractivity contribution in [3.05, 3.63) is 47.3 Å². The molecule has 0 bridgehead atoms. The number of anilines is 1. The lowest BCUT2D eigenvalue weighted by molar-refractivity contribution is 0.0953. The van der Waals surface area contributed by atoms with Gasteiger partial charge in [-0.05, 0) is 51.3 Å². The number of hydrogen-bond donors (Lipinski definition) is 2. The van der Waals surface area contributed by atoms with Crippen LogP contribution in [0.5, 0.6) is 0 Å². The summed E-state index contributed by atoms with van der Waals surface area (Å²) >= 11 is 0.